The van der Waals surface area contributed by atoms with E-state index in [-0.39, 0.29) is 12.5 Å². The molecule has 0 rings (SSSR count). The highest BCUT2D eigenvalue weighted by Gasteiger charge is 2.17. The maximum atomic E-state index is 12.5. The molecule has 0 saturated heterocycles. The van der Waals surface area contributed by atoms with Crippen molar-refractivity contribution in [1.29, 1.82) is 0 Å². The van der Waals surface area contributed by atoms with Gasteiger partial charge >= 0.3 is 0 Å². The van der Waals surface area contributed by atoms with Crippen molar-refractivity contribution >= 4 is 5.91 Å². The van der Waals surface area contributed by atoms with Crippen LogP contribution >= 0.6 is 0 Å². The second-order valence-corrected chi connectivity index (χ2v) is 19.3. The van der Waals surface area contributed by atoms with Crippen molar-refractivity contribution in [2.45, 2.75) is 251 Å². The van der Waals surface area contributed by atoms with Crippen molar-refractivity contribution in [3.05, 3.63) is 170 Å². The number of hydrogen-bond acceptors (Lipinski definition) is 3. The van der Waals surface area contributed by atoms with E-state index in [4.69, 9.17) is 0 Å². The molecule has 2 atom stereocenters. The Labute approximate surface area is 451 Å². The molecule has 3 N–H and O–H groups in total. The van der Waals surface area contributed by atoms with Gasteiger partial charge in [0.15, 0.2) is 0 Å². The van der Waals surface area contributed by atoms with E-state index in [0.29, 0.717) is 6.42 Å². The van der Waals surface area contributed by atoms with Crippen molar-refractivity contribution in [2.75, 3.05) is 6.61 Å². The number of carbonyl (C=O) groups excluding carboxylic acids is 1. The molecule has 0 radical (unpaired) electrons. The Morgan fingerprint density at radius 2 is 0.616 bits per heavy atom. The molecule has 0 aromatic carbocycles. The molecule has 0 aromatic heterocycles. The van der Waals surface area contributed by atoms with Gasteiger partial charge in [-0.15, -0.1) is 0 Å². The number of aliphatic hydroxyl groups is 2. The minimum absolute atomic E-state index is 0.0960. The molecule has 1 amide bonds. The summed E-state index contributed by atoms with van der Waals surface area (Å²) >= 11 is 0. The van der Waals surface area contributed by atoms with Gasteiger partial charge in [-0.1, -0.05) is 274 Å². The normalized spacial score (nSPS) is 14.1. The number of rotatable bonds is 52. The van der Waals surface area contributed by atoms with Gasteiger partial charge in [0.1, 0.15) is 0 Å². The Kier molecular flexibility index (Phi) is 58.4. The lowest BCUT2D eigenvalue weighted by Crippen LogP contribution is -2.45. The van der Waals surface area contributed by atoms with Crippen LogP contribution in [0.2, 0.25) is 0 Å². The zero-order chi connectivity index (χ0) is 52.7. The summed E-state index contributed by atoms with van der Waals surface area (Å²) in [6.07, 6.45) is 101. The molecule has 0 aliphatic rings. The average molecular weight is 1000 g/mol. The summed E-state index contributed by atoms with van der Waals surface area (Å²) in [6.45, 7) is 4.17. The molecule has 4 nitrogen and oxygen atoms in total. The SMILES string of the molecule is CC/C=C\C/C=C\C/C=C\C/C=C\C/C=C\C/C=C\C/C=C\C/C=C\C/C=C\C/C=C\C/C=C\CCCCCCCCCC(=O)NC(CO)C(O)/C=C/CC/C=C/CC/C=C/CCCCCCCCCCCC. The predicted molar refractivity (Wildman–Crippen MR) is 326 cm³/mol. The first-order valence-electron chi connectivity index (χ1n) is 29.8. The van der Waals surface area contributed by atoms with Gasteiger partial charge in [0.2, 0.25) is 5.91 Å². The summed E-state index contributed by atoms with van der Waals surface area (Å²) in [5.41, 5.74) is 0. The summed E-state index contributed by atoms with van der Waals surface area (Å²) in [5.74, 6) is -0.0960. The largest absolute Gasteiger partial charge is 0.394 e. The third-order valence-electron chi connectivity index (χ3n) is 12.4. The van der Waals surface area contributed by atoms with Crippen LogP contribution < -0.4 is 5.32 Å². The minimum Gasteiger partial charge on any atom is -0.394 e. The fourth-order valence-corrected chi connectivity index (χ4v) is 7.92. The number of nitrogens with one attached hydrogen (secondary N) is 1. The van der Waals surface area contributed by atoms with Crippen LogP contribution in [0.4, 0.5) is 0 Å². The first-order valence-corrected chi connectivity index (χ1v) is 29.8. The highest BCUT2D eigenvalue weighted by atomic mass is 16.3. The number of allylic oxidation sites excluding steroid dienone is 27. The van der Waals surface area contributed by atoms with Crippen molar-refractivity contribution in [3.8, 4) is 0 Å². The Morgan fingerprint density at radius 1 is 0.342 bits per heavy atom. The Bertz CT molecular complexity index is 1610. The summed E-state index contributed by atoms with van der Waals surface area (Å²) < 4.78 is 0. The molecule has 0 bridgehead atoms. The molecule has 0 spiro atoms. The predicted octanol–water partition coefficient (Wildman–Crippen LogP) is 20.3. The van der Waals surface area contributed by atoms with E-state index in [9.17, 15) is 15.0 Å². The lowest BCUT2D eigenvalue weighted by atomic mass is 10.1. The fraction of sp³-hybridized carbons (Fsp3) is 0.580. The topological polar surface area (TPSA) is 69.6 Å². The highest BCUT2D eigenvalue weighted by Crippen LogP contribution is 2.13. The van der Waals surface area contributed by atoms with Crippen LogP contribution in [-0.4, -0.2) is 34.9 Å². The monoisotopic (exact) mass is 1000 g/mol. The molecule has 0 heterocycles. The molecule has 0 aliphatic carbocycles. The molecule has 0 aromatic rings. The van der Waals surface area contributed by atoms with Crippen LogP contribution in [0.1, 0.15) is 239 Å². The number of amides is 1. The van der Waals surface area contributed by atoms with Gasteiger partial charge in [-0.3, -0.25) is 4.79 Å². The quantitative estimate of drug-likeness (QED) is 0.0420. The second kappa shape index (κ2) is 62.0. The van der Waals surface area contributed by atoms with Gasteiger partial charge in [0, 0.05) is 6.42 Å². The van der Waals surface area contributed by atoms with Crippen LogP contribution in [0.15, 0.2) is 170 Å². The van der Waals surface area contributed by atoms with Gasteiger partial charge in [-0.2, -0.15) is 0 Å². The van der Waals surface area contributed by atoms with E-state index < -0.39 is 12.1 Å². The third-order valence-corrected chi connectivity index (χ3v) is 12.4. The van der Waals surface area contributed by atoms with E-state index in [2.05, 4.69) is 177 Å². The molecular formula is C69H111NO3. The third kappa shape index (κ3) is 58.5. The van der Waals surface area contributed by atoms with Crippen molar-refractivity contribution in [1.82, 2.24) is 5.32 Å². The van der Waals surface area contributed by atoms with Gasteiger partial charge in [-0.25, -0.2) is 0 Å². The van der Waals surface area contributed by atoms with Crippen LogP contribution in [0, 0.1) is 0 Å². The average Bonchev–Trinajstić information content (AvgIpc) is 3.40. The Hall–Kier alpha value is -4.25. The summed E-state index contributed by atoms with van der Waals surface area (Å²) in [7, 11) is 0. The molecule has 73 heavy (non-hydrogen) atoms. The summed E-state index contributed by atoms with van der Waals surface area (Å²) in [4.78, 5) is 12.5. The summed E-state index contributed by atoms with van der Waals surface area (Å²) in [6, 6.07) is -0.665. The number of unbranched alkanes of at least 4 members (excludes halogenated alkanes) is 19. The molecule has 2 unspecified atom stereocenters. The van der Waals surface area contributed by atoms with Crippen molar-refractivity contribution in [3.63, 3.8) is 0 Å². The zero-order valence-corrected chi connectivity index (χ0v) is 47.1. The van der Waals surface area contributed by atoms with E-state index in [0.717, 1.165) is 122 Å². The van der Waals surface area contributed by atoms with Crippen molar-refractivity contribution < 1.29 is 15.0 Å². The van der Waals surface area contributed by atoms with Gasteiger partial charge in [-0.05, 0) is 128 Å². The lowest BCUT2D eigenvalue weighted by molar-refractivity contribution is -0.123. The Balaban J connectivity index is 3.70. The van der Waals surface area contributed by atoms with Gasteiger partial charge in [0.25, 0.3) is 0 Å². The van der Waals surface area contributed by atoms with Crippen LogP contribution in [0.3, 0.4) is 0 Å². The van der Waals surface area contributed by atoms with Crippen molar-refractivity contribution in [2.24, 2.45) is 0 Å². The molecule has 0 fully saturated rings. The maximum Gasteiger partial charge on any atom is 0.220 e. The van der Waals surface area contributed by atoms with E-state index in [1.807, 2.05) is 6.08 Å². The second-order valence-electron chi connectivity index (χ2n) is 19.3. The molecular weight excluding hydrogens is 891 g/mol. The number of hydrogen-bond donors (Lipinski definition) is 3. The summed E-state index contributed by atoms with van der Waals surface area (Å²) in [5, 5.41) is 23.1. The molecule has 410 valence electrons. The zero-order valence-electron chi connectivity index (χ0n) is 47.1. The lowest BCUT2D eigenvalue weighted by Gasteiger charge is -2.19. The number of carbonyl (C=O) groups is 1. The smallest absolute Gasteiger partial charge is 0.220 e. The molecule has 0 saturated carbocycles. The first kappa shape index (κ1) is 68.8. The van der Waals surface area contributed by atoms with Crippen LogP contribution in [0.25, 0.3) is 0 Å². The standard InChI is InChI=1S/C69H111NO3/c1-3-5-7-9-11-13-15-17-19-21-23-25-26-27-28-29-30-31-32-33-34-35-36-37-38-39-40-41-42-43-44-45-47-49-51-53-55-57-59-61-63-65-69(73)70-67(66-71)68(72)64-62-60-58-56-54-52-50-48-46-24-22-20-18-16-14-12-10-8-6-4-2/h5,7,11,13,17,19,23,25,27-28,30-31,33-34,36-37,39-40,42-43,45-48,54,56,62,64,67-68,71-72H,3-4,6,8-10,12,14-16,18,20-22,24,26,29,32,35,38,41,44,49-53,55,57-61,63,65-66H2,1-2H3,(H,70,73)/b7-5-,13-11-,19-17-,25-23-,28-27-,31-30-,34-33-,37-36-,40-39-,43-42-,47-45-,48-46+,56-54+,64-62+. The van der Waals surface area contributed by atoms with E-state index in [1.54, 1.807) is 6.08 Å². The van der Waals surface area contributed by atoms with E-state index >= 15 is 0 Å². The highest BCUT2D eigenvalue weighted by molar-refractivity contribution is 5.76. The van der Waals surface area contributed by atoms with Crippen LogP contribution in [0.5, 0.6) is 0 Å². The maximum absolute atomic E-state index is 12.5. The first-order chi connectivity index (χ1) is 36.2. The molecule has 4 heteroatoms. The minimum atomic E-state index is -0.888. The number of aliphatic hydroxyl groups excluding tert-OH is 2. The van der Waals surface area contributed by atoms with Crippen LogP contribution in [-0.2, 0) is 4.79 Å². The van der Waals surface area contributed by atoms with E-state index in [1.165, 1.54) is 96.3 Å². The van der Waals surface area contributed by atoms with Gasteiger partial charge in [0.05, 0.1) is 18.8 Å². The molecule has 0 aliphatic heterocycles. The van der Waals surface area contributed by atoms with Gasteiger partial charge < -0.3 is 15.5 Å². The Morgan fingerprint density at radius 3 is 0.959 bits per heavy atom. The fourth-order valence-electron chi connectivity index (χ4n) is 7.92.